The molecule has 0 fully saturated rings. The lowest BCUT2D eigenvalue weighted by molar-refractivity contribution is 0.410. The first kappa shape index (κ1) is 12.6. The lowest BCUT2D eigenvalue weighted by Crippen LogP contribution is -2.14. The number of aryl methyl sites for hydroxylation is 1. The van der Waals surface area contributed by atoms with E-state index in [1.807, 2.05) is 13.2 Å². The van der Waals surface area contributed by atoms with E-state index in [0.29, 0.717) is 17.7 Å². The number of aromatic nitrogens is 2. The summed E-state index contributed by atoms with van der Waals surface area (Å²) in [4.78, 5) is 0. The summed E-state index contributed by atoms with van der Waals surface area (Å²) in [5.41, 5.74) is 7.48. The van der Waals surface area contributed by atoms with E-state index in [1.54, 1.807) is 23.0 Å². The van der Waals surface area contributed by atoms with Crippen molar-refractivity contribution in [3.8, 4) is 5.75 Å². The van der Waals surface area contributed by atoms with Crippen molar-refractivity contribution in [3.05, 3.63) is 47.5 Å². The predicted octanol–water partition coefficient (Wildman–Crippen LogP) is 1.81. The molecule has 0 radical (unpaired) electrons. The molecule has 0 saturated heterocycles. The summed E-state index contributed by atoms with van der Waals surface area (Å²) >= 11 is 0. The summed E-state index contributed by atoms with van der Waals surface area (Å²) in [6.07, 6.45) is 4.17. The second kappa shape index (κ2) is 5.18. The molecule has 96 valence electrons. The number of hydrogen-bond donors (Lipinski definition) is 1. The molecule has 1 atom stereocenters. The fraction of sp³-hybridized carbons (Fsp3) is 0.308. The molecule has 1 unspecified atom stereocenters. The molecule has 5 heteroatoms. The second-order valence-corrected chi connectivity index (χ2v) is 4.22. The van der Waals surface area contributed by atoms with Gasteiger partial charge in [0.25, 0.3) is 0 Å². The molecule has 0 spiro atoms. The molecule has 2 N–H and O–H groups in total. The Balaban J connectivity index is 2.15. The second-order valence-electron chi connectivity index (χ2n) is 4.22. The summed E-state index contributed by atoms with van der Waals surface area (Å²) in [5, 5.41) is 4.06. The van der Waals surface area contributed by atoms with Crippen LogP contribution in [-0.2, 0) is 13.5 Å². The molecule has 0 aliphatic carbocycles. The maximum Gasteiger partial charge on any atom is 0.131 e. The molecule has 0 aliphatic rings. The Morgan fingerprint density at radius 2 is 2.28 bits per heavy atom. The average Bonchev–Trinajstić information content (AvgIpc) is 2.74. The third kappa shape index (κ3) is 2.68. The van der Waals surface area contributed by atoms with Crippen LogP contribution in [0, 0.1) is 5.82 Å². The lowest BCUT2D eigenvalue weighted by atomic mass is 10.0. The molecule has 0 saturated carbocycles. The summed E-state index contributed by atoms with van der Waals surface area (Å²) in [6.45, 7) is 0. The Hall–Kier alpha value is -1.88. The van der Waals surface area contributed by atoms with Crippen LogP contribution >= 0.6 is 0 Å². The van der Waals surface area contributed by atoms with Crippen LogP contribution in [0.25, 0.3) is 0 Å². The van der Waals surface area contributed by atoms with E-state index < -0.39 is 0 Å². The third-order valence-electron chi connectivity index (χ3n) is 2.82. The van der Waals surface area contributed by atoms with Crippen LogP contribution in [0.1, 0.15) is 17.2 Å². The predicted molar refractivity (Wildman–Crippen MR) is 66.8 cm³/mol. The van der Waals surface area contributed by atoms with Gasteiger partial charge in [0.1, 0.15) is 11.6 Å². The summed E-state index contributed by atoms with van der Waals surface area (Å²) in [5.74, 6) is 0.149. The fourth-order valence-corrected chi connectivity index (χ4v) is 1.88. The quantitative estimate of drug-likeness (QED) is 0.899. The van der Waals surface area contributed by atoms with Gasteiger partial charge in [0, 0.05) is 30.9 Å². The van der Waals surface area contributed by atoms with Crippen LogP contribution in [-0.4, -0.2) is 16.9 Å². The van der Waals surface area contributed by atoms with Gasteiger partial charge in [-0.3, -0.25) is 4.68 Å². The van der Waals surface area contributed by atoms with E-state index in [-0.39, 0.29) is 11.9 Å². The van der Waals surface area contributed by atoms with E-state index in [9.17, 15) is 4.39 Å². The largest absolute Gasteiger partial charge is 0.497 e. The topological polar surface area (TPSA) is 53.1 Å². The van der Waals surface area contributed by atoms with Gasteiger partial charge in [-0.2, -0.15) is 5.10 Å². The van der Waals surface area contributed by atoms with Gasteiger partial charge in [0.2, 0.25) is 0 Å². The van der Waals surface area contributed by atoms with Crippen LogP contribution in [0.5, 0.6) is 5.75 Å². The van der Waals surface area contributed by atoms with Crippen molar-refractivity contribution in [3.63, 3.8) is 0 Å². The van der Waals surface area contributed by atoms with Gasteiger partial charge in [-0.1, -0.05) is 6.07 Å². The number of nitrogens with two attached hydrogens (primary N) is 1. The van der Waals surface area contributed by atoms with E-state index >= 15 is 0 Å². The molecule has 4 nitrogen and oxygen atoms in total. The number of ether oxygens (including phenoxy) is 1. The Kier molecular flexibility index (Phi) is 3.62. The zero-order valence-corrected chi connectivity index (χ0v) is 10.4. The zero-order valence-electron chi connectivity index (χ0n) is 10.4. The minimum Gasteiger partial charge on any atom is -0.497 e. The summed E-state index contributed by atoms with van der Waals surface area (Å²) in [6, 6.07) is 4.33. The molecule has 0 amide bonds. The highest BCUT2D eigenvalue weighted by Crippen LogP contribution is 2.22. The molecule has 1 aromatic carbocycles. The first-order valence-electron chi connectivity index (χ1n) is 5.66. The van der Waals surface area contributed by atoms with E-state index in [4.69, 9.17) is 10.5 Å². The number of benzene rings is 1. The third-order valence-corrected chi connectivity index (χ3v) is 2.82. The molecular formula is C13H16FN3O. The van der Waals surface area contributed by atoms with Gasteiger partial charge in [0.15, 0.2) is 0 Å². The van der Waals surface area contributed by atoms with Crippen LogP contribution in [0.3, 0.4) is 0 Å². The Morgan fingerprint density at radius 3 is 2.83 bits per heavy atom. The molecule has 18 heavy (non-hydrogen) atoms. The van der Waals surface area contributed by atoms with Gasteiger partial charge >= 0.3 is 0 Å². The van der Waals surface area contributed by atoms with Gasteiger partial charge in [0.05, 0.1) is 13.3 Å². The Morgan fingerprint density at radius 1 is 1.50 bits per heavy atom. The standard InChI is InChI=1S/C13H16FN3O/c1-17-8-9(7-16-17)5-13(15)11-4-3-10(18-2)6-12(11)14/h3-4,6-8,13H,5,15H2,1-2H3. The lowest BCUT2D eigenvalue weighted by Gasteiger charge is -2.12. The highest BCUT2D eigenvalue weighted by molar-refractivity contribution is 5.31. The van der Waals surface area contributed by atoms with Gasteiger partial charge < -0.3 is 10.5 Å². The maximum atomic E-state index is 13.8. The number of rotatable bonds is 4. The molecule has 2 aromatic rings. The number of methoxy groups -OCH3 is 1. The van der Waals surface area contributed by atoms with Crippen molar-refractivity contribution in [1.82, 2.24) is 9.78 Å². The van der Waals surface area contributed by atoms with E-state index in [2.05, 4.69) is 5.10 Å². The first-order chi connectivity index (χ1) is 8.60. The Bertz CT molecular complexity index is 539. The monoisotopic (exact) mass is 249 g/mol. The van der Waals surface area contributed by atoms with E-state index in [1.165, 1.54) is 13.2 Å². The summed E-state index contributed by atoms with van der Waals surface area (Å²) < 4.78 is 20.5. The zero-order chi connectivity index (χ0) is 13.1. The fourth-order valence-electron chi connectivity index (χ4n) is 1.88. The minimum atomic E-state index is -0.389. The van der Waals surface area contributed by atoms with Crippen molar-refractivity contribution in [2.24, 2.45) is 12.8 Å². The van der Waals surface area contributed by atoms with Crippen molar-refractivity contribution in [2.45, 2.75) is 12.5 Å². The number of nitrogens with zero attached hydrogens (tertiary/aromatic N) is 2. The maximum absolute atomic E-state index is 13.8. The van der Waals surface area contributed by atoms with Crippen molar-refractivity contribution in [1.29, 1.82) is 0 Å². The van der Waals surface area contributed by atoms with Gasteiger partial charge in [-0.15, -0.1) is 0 Å². The number of hydrogen-bond acceptors (Lipinski definition) is 3. The average molecular weight is 249 g/mol. The van der Waals surface area contributed by atoms with E-state index in [0.717, 1.165) is 5.56 Å². The Labute approximate surface area is 105 Å². The minimum absolute atomic E-state index is 0.342. The SMILES string of the molecule is COc1ccc(C(N)Cc2cnn(C)c2)c(F)c1. The van der Waals surface area contributed by atoms with Crippen molar-refractivity contribution < 1.29 is 9.13 Å². The van der Waals surface area contributed by atoms with Crippen LogP contribution in [0.2, 0.25) is 0 Å². The van der Waals surface area contributed by atoms with Crippen molar-refractivity contribution >= 4 is 0 Å². The van der Waals surface area contributed by atoms with Crippen LogP contribution in [0.15, 0.2) is 30.6 Å². The smallest absolute Gasteiger partial charge is 0.131 e. The number of halogens is 1. The van der Waals surface area contributed by atoms with Crippen LogP contribution < -0.4 is 10.5 Å². The molecule has 2 rings (SSSR count). The van der Waals surface area contributed by atoms with Crippen molar-refractivity contribution in [2.75, 3.05) is 7.11 Å². The van der Waals surface area contributed by atoms with Crippen LogP contribution in [0.4, 0.5) is 4.39 Å². The molecule has 1 heterocycles. The molecule has 1 aromatic heterocycles. The molecule has 0 bridgehead atoms. The molecular weight excluding hydrogens is 233 g/mol. The first-order valence-corrected chi connectivity index (χ1v) is 5.66. The summed E-state index contributed by atoms with van der Waals surface area (Å²) in [7, 11) is 3.34. The van der Waals surface area contributed by atoms with Gasteiger partial charge in [-0.05, 0) is 18.1 Å². The highest BCUT2D eigenvalue weighted by atomic mass is 19.1. The normalized spacial score (nSPS) is 12.4. The van der Waals surface area contributed by atoms with Gasteiger partial charge in [-0.25, -0.2) is 4.39 Å². The molecule has 0 aliphatic heterocycles. The highest BCUT2D eigenvalue weighted by Gasteiger charge is 2.13.